The van der Waals surface area contributed by atoms with E-state index in [1.54, 1.807) is 12.4 Å². The number of hydrogen-bond acceptors (Lipinski definition) is 8. The van der Waals surface area contributed by atoms with Gasteiger partial charge in [-0.05, 0) is 37.6 Å². The number of ether oxygens (including phenoxy) is 1. The number of carboxylic acids is 2. The molecular formula is C21H24F6N6O6. The second kappa shape index (κ2) is 12.8. The molecule has 0 atom stereocenters. The van der Waals surface area contributed by atoms with E-state index in [1.165, 1.54) is 0 Å². The maximum atomic E-state index is 12.6. The van der Waals surface area contributed by atoms with Gasteiger partial charge in [-0.3, -0.25) is 9.78 Å². The molecule has 0 bridgehead atoms. The van der Waals surface area contributed by atoms with E-state index in [0.29, 0.717) is 25.5 Å². The molecule has 4 heterocycles. The van der Waals surface area contributed by atoms with Crippen LogP contribution >= 0.6 is 0 Å². The number of aromatic nitrogens is 4. The van der Waals surface area contributed by atoms with Crippen LogP contribution in [0.15, 0.2) is 24.5 Å². The molecule has 1 fully saturated rings. The summed E-state index contributed by atoms with van der Waals surface area (Å²) in [6, 6.07) is 3.75. The molecule has 0 aliphatic carbocycles. The zero-order valence-corrected chi connectivity index (χ0v) is 20.3. The van der Waals surface area contributed by atoms with Crippen molar-refractivity contribution in [1.82, 2.24) is 30.0 Å². The number of likely N-dealkylation sites (tertiary alicyclic amines) is 1. The maximum Gasteiger partial charge on any atom is 0.490 e. The predicted octanol–water partition coefficient (Wildman–Crippen LogP) is 1.86. The van der Waals surface area contributed by atoms with Gasteiger partial charge in [0.15, 0.2) is 5.82 Å². The Morgan fingerprint density at radius 2 is 1.51 bits per heavy atom. The Morgan fingerprint density at radius 1 is 1.00 bits per heavy atom. The van der Waals surface area contributed by atoms with Gasteiger partial charge in [0.05, 0.1) is 12.1 Å². The van der Waals surface area contributed by atoms with Crippen LogP contribution < -0.4 is 5.32 Å². The molecule has 2 aromatic rings. The molecule has 12 nitrogen and oxygen atoms in total. The Morgan fingerprint density at radius 3 is 2.00 bits per heavy atom. The van der Waals surface area contributed by atoms with Crippen molar-refractivity contribution in [3.8, 4) is 0 Å². The van der Waals surface area contributed by atoms with Gasteiger partial charge in [-0.15, -0.1) is 10.2 Å². The molecule has 0 unspecified atom stereocenters. The van der Waals surface area contributed by atoms with Gasteiger partial charge in [0, 0.05) is 32.0 Å². The molecule has 0 aromatic carbocycles. The summed E-state index contributed by atoms with van der Waals surface area (Å²) in [6.07, 6.45) is -4.83. The summed E-state index contributed by atoms with van der Waals surface area (Å²) in [5.41, 5.74) is 0.791. The molecule has 2 aromatic heterocycles. The van der Waals surface area contributed by atoms with Gasteiger partial charge < -0.3 is 29.7 Å². The van der Waals surface area contributed by atoms with Gasteiger partial charge in [-0.2, -0.15) is 26.3 Å². The first kappa shape index (κ1) is 31.4. The van der Waals surface area contributed by atoms with Gasteiger partial charge in [-0.25, -0.2) is 9.59 Å². The average Bonchev–Trinajstić information content (AvgIpc) is 3.28. The fourth-order valence-corrected chi connectivity index (χ4v) is 3.42. The van der Waals surface area contributed by atoms with E-state index < -0.39 is 24.3 Å². The average molecular weight is 570 g/mol. The third-order valence-corrected chi connectivity index (χ3v) is 5.57. The first-order valence-corrected chi connectivity index (χ1v) is 11.1. The summed E-state index contributed by atoms with van der Waals surface area (Å²) in [7, 11) is 2.12. The van der Waals surface area contributed by atoms with Crippen molar-refractivity contribution in [3.63, 3.8) is 0 Å². The smallest absolute Gasteiger partial charge is 0.475 e. The molecule has 39 heavy (non-hydrogen) atoms. The number of carboxylic acid groups (broad SMARTS) is 2. The highest BCUT2D eigenvalue weighted by Crippen LogP contribution is 2.32. The maximum absolute atomic E-state index is 12.6. The van der Waals surface area contributed by atoms with Crippen LogP contribution in [0.4, 0.5) is 26.3 Å². The SMILES string of the molecule is CN1CCC2(CC1)Cn1c(nnc1C(=O)NCc1ccncc1)CO2.O=C(O)C(F)(F)F.O=C(O)C(F)(F)F. The highest BCUT2D eigenvalue weighted by atomic mass is 19.4. The van der Waals surface area contributed by atoms with Gasteiger partial charge >= 0.3 is 24.3 Å². The van der Waals surface area contributed by atoms with Crippen molar-refractivity contribution in [3.05, 3.63) is 41.7 Å². The van der Waals surface area contributed by atoms with Crippen LogP contribution in [0, 0.1) is 0 Å². The molecule has 18 heteroatoms. The zero-order chi connectivity index (χ0) is 29.4. The van der Waals surface area contributed by atoms with Crippen molar-refractivity contribution in [2.45, 2.75) is 50.5 Å². The summed E-state index contributed by atoms with van der Waals surface area (Å²) >= 11 is 0. The molecule has 1 spiro atoms. The minimum absolute atomic E-state index is 0.206. The normalized spacial score (nSPS) is 16.6. The standard InChI is InChI=1S/C17H22N6O2.2C2HF3O2/c1-22-8-4-17(5-9-22)12-23-14(11-25-17)20-21-15(23)16(24)19-10-13-2-6-18-7-3-13;2*3-2(4,5)1(6)7/h2-3,6-7H,4-5,8-12H2,1H3,(H,19,24);2*(H,6,7). The quantitative estimate of drug-likeness (QED) is 0.465. The molecule has 3 N–H and O–H groups in total. The van der Waals surface area contributed by atoms with Gasteiger partial charge in [0.1, 0.15) is 6.61 Å². The molecule has 4 rings (SSSR count). The summed E-state index contributed by atoms with van der Waals surface area (Å²) in [6.45, 7) is 3.49. The zero-order valence-electron chi connectivity index (χ0n) is 20.3. The molecule has 0 radical (unpaired) electrons. The van der Waals surface area contributed by atoms with Crippen LogP contribution in [0.25, 0.3) is 0 Å². The number of pyridine rings is 1. The second-order valence-corrected chi connectivity index (χ2v) is 8.44. The number of carbonyl (C=O) groups is 3. The molecule has 2 aliphatic heterocycles. The lowest BCUT2D eigenvalue weighted by atomic mass is 9.90. The summed E-state index contributed by atoms with van der Waals surface area (Å²) in [4.78, 5) is 36.6. The number of carbonyl (C=O) groups excluding carboxylic acids is 1. The Labute approximate surface area is 216 Å². The van der Waals surface area contributed by atoms with Crippen LogP contribution in [0.2, 0.25) is 0 Å². The van der Waals surface area contributed by atoms with Crippen LogP contribution in [-0.2, 0) is 34.0 Å². The fraction of sp³-hybridized carbons (Fsp3) is 0.524. The number of piperidine rings is 1. The summed E-state index contributed by atoms with van der Waals surface area (Å²) in [5, 5.41) is 25.4. The number of halogens is 6. The molecule has 0 saturated carbocycles. The monoisotopic (exact) mass is 570 g/mol. The third-order valence-electron chi connectivity index (χ3n) is 5.57. The van der Waals surface area contributed by atoms with Crippen molar-refractivity contribution < 1.29 is 55.7 Å². The predicted molar refractivity (Wildman–Crippen MR) is 117 cm³/mol. The highest BCUT2D eigenvalue weighted by Gasteiger charge is 2.41. The Kier molecular flexibility index (Phi) is 10.3. The van der Waals surface area contributed by atoms with E-state index in [4.69, 9.17) is 24.5 Å². The number of fused-ring (bicyclic) bond motifs is 1. The number of nitrogens with zero attached hydrogens (tertiary/aromatic N) is 5. The van der Waals surface area contributed by atoms with Crippen molar-refractivity contribution in [2.24, 2.45) is 0 Å². The number of hydrogen-bond donors (Lipinski definition) is 3. The number of nitrogens with one attached hydrogen (secondary N) is 1. The lowest BCUT2D eigenvalue weighted by Crippen LogP contribution is -2.50. The Bertz CT molecular complexity index is 1110. The first-order chi connectivity index (χ1) is 18.0. The molecule has 1 amide bonds. The van der Waals surface area contributed by atoms with E-state index in [1.807, 2.05) is 16.7 Å². The lowest BCUT2D eigenvalue weighted by molar-refractivity contribution is -0.193. The van der Waals surface area contributed by atoms with Gasteiger partial charge in [0.2, 0.25) is 5.82 Å². The molecule has 2 aliphatic rings. The summed E-state index contributed by atoms with van der Waals surface area (Å²) in [5.74, 6) is -4.63. The van der Waals surface area contributed by atoms with Crippen LogP contribution in [0.1, 0.15) is 34.8 Å². The van der Waals surface area contributed by atoms with Crippen LogP contribution in [0.3, 0.4) is 0 Å². The lowest BCUT2D eigenvalue weighted by Gasteiger charge is -2.43. The Hall–Kier alpha value is -3.80. The van der Waals surface area contributed by atoms with Crippen LogP contribution in [0.5, 0.6) is 0 Å². The van der Waals surface area contributed by atoms with E-state index in [2.05, 4.69) is 32.4 Å². The largest absolute Gasteiger partial charge is 0.490 e. The molecule has 1 saturated heterocycles. The topological polar surface area (TPSA) is 160 Å². The van der Waals surface area contributed by atoms with Crippen molar-refractivity contribution in [2.75, 3.05) is 20.1 Å². The number of rotatable bonds is 3. The van der Waals surface area contributed by atoms with Crippen molar-refractivity contribution in [1.29, 1.82) is 0 Å². The fourth-order valence-electron chi connectivity index (χ4n) is 3.42. The van der Waals surface area contributed by atoms with Crippen LogP contribution in [-0.4, -0.2) is 90.8 Å². The minimum Gasteiger partial charge on any atom is -0.475 e. The van der Waals surface area contributed by atoms with E-state index in [-0.39, 0.29) is 11.5 Å². The third kappa shape index (κ3) is 9.47. The first-order valence-electron chi connectivity index (χ1n) is 11.1. The second-order valence-electron chi connectivity index (χ2n) is 8.44. The van der Waals surface area contributed by atoms with Gasteiger partial charge in [0.25, 0.3) is 5.91 Å². The summed E-state index contributed by atoms with van der Waals surface area (Å²) < 4.78 is 71.5. The molecule has 216 valence electrons. The minimum atomic E-state index is -5.08. The Balaban J connectivity index is 0.000000317. The van der Waals surface area contributed by atoms with E-state index in [9.17, 15) is 31.1 Å². The van der Waals surface area contributed by atoms with Crippen molar-refractivity contribution >= 4 is 17.8 Å². The van der Waals surface area contributed by atoms with E-state index >= 15 is 0 Å². The number of amides is 1. The number of aliphatic carboxylic acids is 2. The highest BCUT2D eigenvalue weighted by molar-refractivity contribution is 5.90. The number of alkyl halides is 6. The molecular weight excluding hydrogens is 546 g/mol. The van der Waals surface area contributed by atoms with E-state index in [0.717, 1.165) is 37.3 Å². The van der Waals surface area contributed by atoms with Gasteiger partial charge in [-0.1, -0.05) is 0 Å².